The molecule has 0 heterocycles. The van der Waals surface area contributed by atoms with Gasteiger partial charge in [0.15, 0.2) is 5.75 Å². The SMILES string of the molecule is O=[N+]([O-])c1cc(-c2cc(Cl)ccc2Cl)ccc1O. The number of aromatic hydroxyl groups is 1. The molecule has 0 aliphatic heterocycles. The summed E-state index contributed by atoms with van der Waals surface area (Å²) in [5, 5.41) is 21.0. The Bertz CT molecular complexity index is 629. The highest BCUT2D eigenvalue weighted by atomic mass is 35.5. The Morgan fingerprint density at radius 2 is 1.83 bits per heavy atom. The molecule has 0 bridgehead atoms. The van der Waals surface area contributed by atoms with Gasteiger partial charge in [0.2, 0.25) is 0 Å². The highest BCUT2D eigenvalue weighted by molar-refractivity contribution is 6.35. The molecule has 0 atom stereocenters. The number of nitro benzene ring substituents is 1. The van der Waals surface area contributed by atoms with Gasteiger partial charge in [0, 0.05) is 21.7 Å². The zero-order chi connectivity index (χ0) is 13.3. The molecule has 2 rings (SSSR count). The molecule has 2 aromatic rings. The van der Waals surface area contributed by atoms with Crippen molar-refractivity contribution in [3.05, 3.63) is 56.6 Å². The number of benzene rings is 2. The largest absolute Gasteiger partial charge is 0.502 e. The van der Waals surface area contributed by atoms with E-state index in [9.17, 15) is 15.2 Å². The third kappa shape index (κ3) is 2.39. The lowest BCUT2D eigenvalue weighted by atomic mass is 10.0. The molecule has 1 N–H and O–H groups in total. The second-order valence-corrected chi connectivity index (χ2v) is 4.43. The fourth-order valence-electron chi connectivity index (χ4n) is 1.56. The molecule has 6 heteroatoms. The molecule has 4 nitrogen and oxygen atoms in total. The topological polar surface area (TPSA) is 63.4 Å². The van der Waals surface area contributed by atoms with Crippen LogP contribution in [0, 0.1) is 10.1 Å². The van der Waals surface area contributed by atoms with Gasteiger partial charge in [-0.25, -0.2) is 0 Å². The summed E-state index contributed by atoms with van der Waals surface area (Å²) >= 11 is 11.9. The summed E-state index contributed by atoms with van der Waals surface area (Å²) < 4.78 is 0. The second kappa shape index (κ2) is 4.84. The van der Waals surface area contributed by atoms with Crippen LogP contribution in [0.5, 0.6) is 5.75 Å². The van der Waals surface area contributed by atoms with E-state index in [0.717, 1.165) is 0 Å². The number of nitrogens with zero attached hydrogens (tertiary/aromatic N) is 1. The van der Waals surface area contributed by atoms with Crippen molar-refractivity contribution in [1.82, 2.24) is 0 Å². The predicted molar refractivity (Wildman–Crippen MR) is 70.2 cm³/mol. The van der Waals surface area contributed by atoms with Crippen molar-refractivity contribution in [2.75, 3.05) is 0 Å². The number of hydrogen-bond donors (Lipinski definition) is 1. The molecule has 0 aliphatic rings. The van der Waals surface area contributed by atoms with Crippen molar-refractivity contribution < 1.29 is 10.0 Å². The first-order valence-electron chi connectivity index (χ1n) is 4.92. The second-order valence-electron chi connectivity index (χ2n) is 3.58. The van der Waals surface area contributed by atoms with Crippen molar-refractivity contribution in [2.24, 2.45) is 0 Å². The molecule has 0 aromatic heterocycles. The van der Waals surface area contributed by atoms with Gasteiger partial charge >= 0.3 is 5.69 Å². The van der Waals surface area contributed by atoms with Gasteiger partial charge in [0.25, 0.3) is 0 Å². The normalized spacial score (nSPS) is 10.3. The van der Waals surface area contributed by atoms with Crippen LogP contribution >= 0.6 is 23.2 Å². The number of rotatable bonds is 2. The molecule has 92 valence electrons. The van der Waals surface area contributed by atoms with Crippen LogP contribution < -0.4 is 0 Å². The summed E-state index contributed by atoms with van der Waals surface area (Å²) in [5.41, 5.74) is 0.725. The molecule has 18 heavy (non-hydrogen) atoms. The van der Waals surface area contributed by atoms with Crippen LogP contribution in [0.25, 0.3) is 11.1 Å². The van der Waals surface area contributed by atoms with E-state index in [-0.39, 0.29) is 11.4 Å². The predicted octanol–water partition coefficient (Wildman–Crippen LogP) is 4.27. The monoisotopic (exact) mass is 283 g/mol. The molecule has 0 radical (unpaired) electrons. The third-order valence-electron chi connectivity index (χ3n) is 2.41. The van der Waals surface area contributed by atoms with Crippen LogP contribution in [0.15, 0.2) is 36.4 Å². The van der Waals surface area contributed by atoms with Crippen LogP contribution in [0.2, 0.25) is 10.0 Å². The lowest BCUT2D eigenvalue weighted by Gasteiger charge is -2.05. The van der Waals surface area contributed by atoms with Crippen LogP contribution in [-0.4, -0.2) is 10.0 Å². The molecule has 0 spiro atoms. The number of phenols is 1. The van der Waals surface area contributed by atoms with Gasteiger partial charge in [-0.15, -0.1) is 0 Å². The minimum Gasteiger partial charge on any atom is -0.502 e. The minimum absolute atomic E-state index is 0.372. The zero-order valence-corrected chi connectivity index (χ0v) is 10.4. The molecular formula is C12H7Cl2NO3. The van der Waals surface area contributed by atoms with Gasteiger partial charge < -0.3 is 5.11 Å². The Morgan fingerprint density at radius 3 is 2.50 bits per heavy atom. The molecule has 0 saturated heterocycles. The van der Waals surface area contributed by atoms with E-state index >= 15 is 0 Å². The Morgan fingerprint density at radius 1 is 1.11 bits per heavy atom. The summed E-state index contributed by atoms with van der Waals surface area (Å²) in [4.78, 5) is 10.1. The summed E-state index contributed by atoms with van der Waals surface area (Å²) in [6.45, 7) is 0. The maximum atomic E-state index is 10.7. The molecule has 0 amide bonds. The average Bonchev–Trinajstić information content (AvgIpc) is 2.33. The third-order valence-corrected chi connectivity index (χ3v) is 2.98. The van der Waals surface area contributed by atoms with Crippen LogP contribution in [0.1, 0.15) is 0 Å². The van der Waals surface area contributed by atoms with Gasteiger partial charge in [-0.3, -0.25) is 10.1 Å². The van der Waals surface area contributed by atoms with Crippen molar-refractivity contribution >= 4 is 28.9 Å². The van der Waals surface area contributed by atoms with E-state index in [4.69, 9.17) is 23.2 Å². The van der Waals surface area contributed by atoms with Crippen molar-refractivity contribution in [1.29, 1.82) is 0 Å². The van der Waals surface area contributed by atoms with E-state index < -0.39 is 4.92 Å². The van der Waals surface area contributed by atoms with Gasteiger partial charge in [-0.2, -0.15) is 0 Å². The summed E-state index contributed by atoms with van der Waals surface area (Å²) in [6.07, 6.45) is 0. The number of phenolic OH excluding ortho intramolecular Hbond substituents is 1. The summed E-state index contributed by atoms with van der Waals surface area (Å²) in [5.74, 6) is -0.387. The van der Waals surface area contributed by atoms with Crippen LogP contribution in [-0.2, 0) is 0 Å². The first-order chi connectivity index (χ1) is 8.49. The zero-order valence-electron chi connectivity index (χ0n) is 8.93. The fourth-order valence-corrected chi connectivity index (χ4v) is 1.95. The van der Waals surface area contributed by atoms with Crippen molar-refractivity contribution in [3.63, 3.8) is 0 Å². The Balaban J connectivity index is 2.61. The molecule has 2 aromatic carbocycles. The Labute approximate surface area is 113 Å². The van der Waals surface area contributed by atoms with E-state index in [1.54, 1.807) is 24.3 Å². The van der Waals surface area contributed by atoms with E-state index in [2.05, 4.69) is 0 Å². The summed E-state index contributed by atoms with van der Waals surface area (Å²) in [6, 6.07) is 8.90. The quantitative estimate of drug-likeness (QED) is 0.661. The van der Waals surface area contributed by atoms with Crippen molar-refractivity contribution in [2.45, 2.75) is 0 Å². The molecule has 0 fully saturated rings. The Kier molecular flexibility index (Phi) is 3.41. The van der Waals surface area contributed by atoms with Crippen molar-refractivity contribution in [3.8, 4) is 16.9 Å². The van der Waals surface area contributed by atoms with Gasteiger partial charge in [0.05, 0.1) is 4.92 Å². The highest BCUT2D eigenvalue weighted by Gasteiger charge is 2.15. The minimum atomic E-state index is -0.655. The smallest absolute Gasteiger partial charge is 0.311 e. The maximum absolute atomic E-state index is 10.7. The lowest BCUT2D eigenvalue weighted by Crippen LogP contribution is -1.89. The molecule has 0 unspecified atom stereocenters. The summed E-state index contributed by atoms with van der Waals surface area (Å²) in [7, 11) is 0. The molecular weight excluding hydrogens is 277 g/mol. The molecule has 0 saturated carbocycles. The van der Waals surface area contributed by atoms with Gasteiger partial charge in [-0.1, -0.05) is 29.3 Å². The standard InChI is InChI=1S/C12H7Cl2NO3/c13-8-2-3-10(14)9(6-8)7-1-4-12(16)11(5-7)15(17)18/h1-6,16H. The number of hydrogen-bond acceptors (Lipinski definition) is 3. The van der Waals surface area contributed by atoms with Crippen LogP contribution in [0.3, 0.4) is 0 Å². The first-order valence-corrected chi connectivity index (χ1v) is 5.67. The number of nitro groups is 1. The fraction of sp³-hybridized carbons (Fsp3) is 0. The van der Waals surface area contributed by atoms with Gasteiger partial charge in [0.1, 0.15) is 0 Å². The average molecular weight is 284 g/mol. The van der Waals surface area contributed by atoms with E-state index in [0.29, 0.717) is 21.2 Å². The maximum Gasteiger partial charge on any atom is 0.311 e. The van der Waals surface area contributed by atoms with E-state index in [1.807, 2.05) is 0 Å². The van der Waals surface area contributed by atoms with Gasteiger partial charge in [-0.05, 0) is 29.8 Å². The number of halogens is 2. The lowest BCUT2D eigenvalue weighted by molar-refractivity contribution is -0.385. The Hall–Kier alpha value is -1.78. The highest BCUT2D eigenvalue weighted by Crippen LogP contribution is 2.35. The van der Waals surface area contributed by atoms with E-state index in [1.165, 1.54) is 12.1 Å². The first kappa shape index (κ1) is 12.7. The molecule has 0 aliphatic carbocycles. The van der Waals surface area contributed by atoms with Crippen LogP contribution in [0.4, 0.5) is 5.69 Å².